The normalized spacial score (nSPS) is 26.5. The van der Waals surface area contributed by atoms with E-state index in [1.54, 1.807) is 0 Å². The summed E-state index contributed by atoms with van der Waals surface area (Å²) >= 11 is 5.96. The minimum absolute atomic E-state index is 0.0605. The second-order valence-corrected chi connectivity index (χ2v) is 6.24. The van der Waals surface area contributed by atoms with Crippen molar-refractivity contribution in [1.82, 2.24) is 5.43 Å². The molecular formula is C15H16ClN3O3. The number of hydrogen-bond donors (Lipinski definition) is 1. The highest BCUT2D eigenvalue weighted by atomic mass is 35.5. The van der Waals surface area contributed by atoms with E-state index in [0.717, 1.165) is 12.8 Å². The highest BCUT2D eigenvalue weighted by Crippen LogP contribution is 2.55. The van der Waals surface area contributed by atoms with E-state index in [1.165, 1.54) is 37.3 Å². The molecule has 0 aliphatic heterocycles. The Labute approximate surface area is 132 Å². The van der Waals surface area contributed by atoms with Crippen LogP contribution in [0.1, 0.15) is 31.2 Å². The number of nitrogens with one attached hydrogen (secondary N) is 1. The molecule has 116 valence electrons. The second-order valence-electron chi connectivity index (χ2n) is 5.84. The Morgan fingerprint density at radius 3 is 2.68 bits per heavy atom. The fourth-order valence-electron chi connectivity index (χ4n) is 3.36. The van der Waals surface area contributed by atoms with Crippen molar-refractivity contribution < 1.29 is 9.72 Å². The number of nitro benzene ring substituents is 1. The van der Waals surface area contributed by atoms with Crippen molar-refractivity contribution in [2.45, 2.75) is 25.7 Å². The molecule has 1 aromatic carbocycles. The standard InChI is InChI=1S/C15H16ClN3O3/c16-13-6-5-10(19(21)22)7-9(13)8-17-18-15(20)14-11-3-1-2-4-12(11)14/h5-8,11-12,14H,1-4H2,(H,18,20)/b17-8-. The van der Waals surface area contributed by atoms with E-state index in [2.05, 4.69) is 10.5 Å². The van der Waals surface area contributed by atoms with Gasteiger partial charge in [0.25, 0.3) is 5.69 Å². The fraction of sp³-hybridized carbons (Fsp3) is 0.467. The van der Waals surface area contributed by atoms with Crippen LogP contribution in [0.5, 0.6) is 0 Å². The molecule has 1 aromatic rings. The van der Waals surface area contributed by atoms with Gasteiger partial charge in [0.1, 0.15) is 0 Å². The summed E-state index contributed by atoms with van der Waals surface area (Å²) in [6.45, 7) is 0. The lowest BCUT2D eigenvalue weighted by Crippen LogP contribution is -2.20. The monoisotopic (exact) mass is 321 g/mol. The highest BCUT2D eigenvalue weighted by Gasteiger charge is 2.54. The van der Waals surface area contributed by atoms with Crippen molar-refractivity contribution in [3.8, 4) is 0 Å². The minimum Gasteiger partial charge on any atom is -0.273 e. The SMILES string of the molecule is O=C(N/N=C\c1cc([N+](=O)[O-])ccc1Cl)C1C2CCCCC21. The van der Waals surface area contributed by atoms with Crippen molar-refractivity contribution in [1.29, 1.82) is 0 Å². The van der Waals surface area contributed by atoms with Crippen molar-refractivity contribution in [3.05, 3.63) is 38.9 Å². The maximum atomic E-state index is 12.1. The van der Waals surface area contributed by atoms with Gasteiger partial charge >= 0.3 is 0 Å². The molecule has 0 saturated heterocycles. The van der Waals surface area contributed by atoms with Crippen LogP contribution in [0.2, 0.25) is 5.02 Å². The molecule has 2 aliphatic rings. The van der Waals surface area contributed by atoms with Gasteiger partial charge in [-0.3, -0.25) is 14.9 Å². The lowest BCUT2D eigenvalue weighted by atomic mass is 10.0. The summed E-state index contributed by atoms with van der Waals surface area (Å²) in [6.07, 6.45) is 6.01. The maximum absolute atomic E-state index is 12.1. The number of benzene rings is 1. The van der Waals surface area contributed by atoms with Crippen molar-refractivity contribution in [2.24, 2.45) is 22.9 Å². The van der Waals surface area contributed by atoms with Gasteiger partial charge in [0.15, 0.2) is 0 Å². The Morgan fingerprint density at radius 2 is 2.05 bits per heavy atom. The summed E-state index contributed by atoms with van der Waals surface area (Å²) in [6, 6.07) is 4.10. The first-order valence-corrected chi connectivity index (χ1v) is 7.72. The van der Waals surface area contributed by atoms with Crippen LogP contribution < -0.4 is 5.43 Å². The van der Waals surface area contributed by atoms with Crippen LogP contribution in [0.25, 0.3) is 0 Å². The Bertz CT molecular complexity index is 635. The molecule has 2 atom stereocenters. The van der Waals surface area contributed by atoms with E-state index >= 15 is 0 Å². The first-order valence-electron chi connectivity index (χ1n) is 7.35. The largest absolute Gasteiger partial charge is 0.273 e. The van der Waals surface area contributed by atoms with Gasteiger partial charge < -0.3 is 0 Å². The number of nitro groups is 1. The topological polar surface area (TPSA) is 84.6 Å². The van der Waals surface area contributed by atoms with E-state index in [1.807, 2.05) is 0 Å². The van der Waals surface area contributed by atoms with Gasteiger partial charge in [-0.25, -0.2) is 5.43 Å². The summed E-state index contributed by atoms with van der Waals surface area (Å²) in [5.74, 6) is 1.06. The van der Waals surface area contributed by atoms with E-state index in [0.29, 0.717) is 22.4 Å². The van der Waals surface area contributed by atoms with Crippen LogP contribution in [0.15, 0.2) is 23.3 Å². The molecule has 2 unspecified atom stereocenters. The minimum atomic E-state index is -0.499. The highest BCUT2D eigenvalue weighted by molar-refractivity contribution is 6.33. The molecule has 2 fully saturated rings. The second kappa shape index (κ2) is 6.04. The molecule has 0 spiro atoms. The number of nitrogens with zero attached hydrogens (tertiary/aromatic N) is 2. The smallest absolute Gasteiger partial charge is 0.270 e. The Balaban J connectivity index is 1.61. The zero-order valence-corrected chi connectivity index (χ0v) is 12.6. The van der Waals surface area contributed by atoms with Crippen molar-refractivity contribution in [3.63, 3.8) is 0 Å². The average Bonchev–Trinajstić information content (AvgIpc) is 3.23. The average molecular weight is 322 g/mol. The molecule has 3 rings (SSSR count). The quantitative estimate of drug-likeness (QED) is 0.525. The van der Waals surface area contributed by atoms with E-state index in [9.17, 15) is 14.9 Å². The summed E-state index contributed by atoms with van der Waals surface area (Å²) in [5.41, 5.74) is 2.87. The molecule has 2 saturated carbocycles. The first-order chi connectivity index (χ1) is 10.6. The Morgan fingerprint density at radius 1 is 1.36 bits per heavy atom. The number of rotatable bonds is 4. The summed E-state index contributed by atoms with van der Waals surface area (Å²) in [5, 5.41) is 15.0. The Kier molecular flexibility index (Phi) is 4.11. The number of fused-ring (bicyclic) bond motifs is 1. The number of non-ortho nitro benzene ring substituents is 1. The third-order valence-electron chi connectivity index (χ3n) is 4.53. The number of amides is 1. The molecule has 6 nitrogen and oxygen atoms in total. The molecule has 7 heteroatoms. The van der Waals surface area contributed by atoms with Crippen LogP contribution in [-0.4, -0.2) is 17.0 Å². The van der Waals surface area contributed by atoms with Gasteiger partial charge in [-0.2, -0.15) is 5.10 Å². The van der Waals surface area contributed by atoms with Gasteiger partial charge in [-0.15, -0.1) is 0 Å². The molecule has 2 aliphatic carbocycles. The molecule has 0 radical (unpaired) electrons. The number of carbonyl (C=O) groups is 1. The number of hydrogen-bond acceptors (Lipinski definition) is 4. The van der Waals surface area contributed by atoms with Gasteiger partial charge in [0.2, 0.25) is 5.91 Å². The molecule has 1 amide bonds. The molecule has 0 bridgehead atoms. The number of halogens is 1. The maximum Gasteiger partial charge on any atom is 0.270 e. The summed E-state index contributed by atoms with van der Waals surface area (Å²) in [7, 11) is 0. The predicted octanol–water partition coefficient (Wildman–Crippen LogP) is 3.13. The summed E-state index contributed by atoms with van der Waals surface area (Å²) < 4.78 is 0. The van der Waals surface area contributed by atoms with Gasteiger partial charge in [0.05, 0.1) is 11.1 Å². The lowest BCUT2D eigenvalue weighted by Gasteiger charge is -2.04. The first kappa shape index (κ1) is 15.0. The zero-order valence-electron chi connectivity index (χ0n) is 11.9. The molecule has 0 aromatic heterocycles. The van der Waals surface area contributed by atoms with Gasteiger partial charge in [0, 0.05) is 28.6 Å². The zero-order chi connectivity index (χ0) is 15.7. The summed E-state index contributed by atoms with van der Waals surface area (Å²) in [4.78, 5) is 22.3. The van der Waals surface area contributed by atoms with Crippen LogP contribution in [-0.2, 0) is 4.79 Å². The lowest BCUT2D eigenvalue weighted by molar-refractivity contribution is -0.384. The van der Waals surface area contributed by atoms with E-state index in [-0.39, 0.29) is 17.5 Å². The molecule has 22 heavy (non-hydrogen) atoms. The number of carbonyl (C=O) groups excluding carboxylic acids is 1. The van der Waals surface area contributed by atoms with Crippen molar-refractivity contribution >= 4 is 29.4 Å². The van der Waals surface area contributed by atoms with Crippen LogP contribution in [0, 0.1) is 27.9 Å². The van der Waals surface area contributed by atoms with E-state index < -0.39 is 4.92 Å². The molecule has 1 N–H and O–H groups in total. The third kappa shape index (κ3) is 2.97. The van der Waals surface area contributed by atoms with E-state index in [4.69, 9.17) is 11.6 Å². The Hall–Kier alpha value is -1.95. The van der Waals surface area contributed by atoms with Gasteiger partial charge in [-0.1, -0.05) is 24.4 Å². The van der Waals surface area contributed by atoms with Crippen LogP contribution in [0.3, 0.4) is 0 Å². The predicted molar refractivity (Wildman–Crippen MR) is 82.8 cm³/mol. The molecular weight excluding hydrogens is 306 g/mol. The van der Waals surface area contributed by atoms with Gasteiger partial charge in [-0.05, 0) is 30.7 Å². The van der Waals surface area contributed by atoms with Crippen LogP contribution >= 0.6 is 11.6 Å². The fourth-order valence-corrected chi connectivity index (χ4v) is 3.53. The van der Waals surface area contributed by atoms with Crippen molar-refractivity contribution in [2.75, 3.05) is 0 Å². The third-order valence-corrected chi connectivity index (χ3v) is 4.87. The number of hydrazone groups is 1. The molecule has 0 heterocycles. The van der Waals surface area contributed by atoms with Crippen LogP contribution in [0.4, 0.5) is 5.69 Å².